The van der Waals surface area contributed by atoms with Gasteiger partial charge in [0.25, 0.3) is 0 Å². The summed E-state index contributed by atoms with van der Waals surface area (Å²) in [7, 11) is -1.98. The number of rotatable bonds is 4. The van der Waals surface area contributed by atoms with Gasteiger partial charge in [0.05, 0.1) is 24.0 Å². The van der Waals surface area contributed by atoms with Crippen LogP contribution < -0.4 is 10.0 Å². The van der Waals surface area contributed by atoms with Crippen LogP contribution in [0.1, 0.15) is 20.3 Å². The van der Waals surface area contributed by atoms with Crippen LogP contribution >= 0.6 is 0 Å². The van der Waals surface area contributed by atoms with E-state index in [1.165, 1.54) is 12.4 Å². The van der Waals surface area contributed by atoms with Crippen molar-refractivity contribution in [2.45, 2.75) is 36.8 Å². The summed E-state index contributed by atoms with van der Waals surface area (Å²) in [5.41, 5.74) is -0.597. The molecular weight excluding hydrogens is 268 g/mol. The molecule has 106 valence electrons. The zero-order valence-corrected chi connectivity index (χ0v) is 12.0. The van der Waals surface area contributed by atoms with Gasteiger partial charge >= 0.3 is 0 Å². The minimum absolute atomic E-state index is 0.0480. The molecule has 1 aliphatic heterocycles. The summed E-state index contributed by atoms with van der Waals surface area (Å²) in [6.45, 7) is 4.25. The van der Waals surface area contributed by atoms with E-state index in [1.807, 2.05) is 13.8 Å². The van der Waals surface area contributed by atoms with Crippen molar-refractivity contribution in [1.82, 2.24) is 14.7 Å². The molecule has 0 radical (unpaired) electrons. The fourth-order valence-corrected chi connectivity index (χ4v) is 3.30. The third-order valence-electron chi connectivity index (χ3n) is 3.42. The van der Waals surface area contributed by atoms with Crippen LogP contribution in [0.4, 0.5) is 5.95 Å². The minimum Gasteiger partial charge on any atom is -0.376 e. The van der Waals surface area contributed by atoms with Gasteiger partial charge in [-0.2, -0.15) is 0 Å². The van der Waals surface area contributed by atoms with Gasteiger partial charge in [-0.25, -0.2) is 23.1 Å². The molecule has 1 aromatic heterocycles. The number of nitrogens with zero attached hydrogens (tertiary/aromatic N) is 2. The number of aromatic nitrogens is 2. The van der Waals surface area contributed by atoms with Crippen molar-refractivity contribution in [3.05, 3.63) is 12.4 Å². The van der Waals surface area contributed by atoms with Crippen LogP contribution in [0.5, 0.6) is 0 Å². The summed E-state index contributed by atoms with van der Waals surface area (Å²) in [4.78, 5) is 7.86. The SMILES string of the molecule is CNc1ncc(S(=O)(=O)NC2(C)CCOC2C)cn1. The monoisotopic (exact) mass is 286 g/mol. The van der Waals surface area contributed by atoms with Gasteiger partial charge in [-0.15, -0.1) is 0 Å². The second-order valence-electron chi connectivity index (χ2n) is 4.78. The maximum atomic E-state index is 12.3. The smallest absolute Gasteiger partial charge is 0.244 e. The molecule has 2 unspecified atom stereocenters. The molecule has 0 aliphatic carbocycles. The highest BCUT2D eigenvalue weighted by Crippen LogP contribution is 2.27. The summed E-state index contributed by atoms with van der Waals surface area (Å²) in [6.07, 6.45) is 3.04. The van der Waals surface area contributed by atoms with Crippen molar-refractivity contribution in [2.75, 3.05) is 19.0 Å². The van der Waals surface area contributed by atoms with Gasteiger partial charge in [0.1, 0.15) is 4.90 Å². The van der Waals surface area contributed by atoms with Gasteiger partial charge in [-0.3, -0.25) is 0 Å². The Balaban J connectivity index is 2.22. The average Bonchev–Trinajstić information content (AvgIpc) is 2.68. The fourth-order valence-electron chi connectivity index (χ4n) is 1.92. The van der Waals surface area contributed by atoms with E-state index in [9.17, 15) is 8.42 Å². The first-order valence-corrected chi connectivity index (χ1v) is 7.51. The highest BCUT2D eigenvalue weighted by molar-refractivity contribution is 7.89. The summed E-state index contributed by atoms with van der Waals surface area (Å²) < 4.78 is 32.6. The molecule has 0 saturated carbocycles. The molecule has 19 heavy (non-hydrogen) atoms. The molecule has 2 N–H and O–H groups in total. The average molecular weight is 286 g/mol. The lowest BCUT2D eigenvalue weighted by Crippen LogP contribution is -2.50. The molecule has 1 aromatic rings. The lowest BCUT2D eigenvalue weighted by Gasteiger charge is -2.28. The van der Waals surface area contributed by atoms with Crippen molar-refractivity contribution in [1.29, 1.82) is 0 Å². The Hall–Kier alpha value is -1.25. The van der Waals surface area contributed by atoms with Crippen LogP contribution in [0.25, 0.3) is 0 Å². The number of ether oxygens (including phenoxy) is 1. The Morgan fingerprint density at radius 2 is 2.05 bits per heavy atom. The molecule has 2 heterocycles. The second kappa shape index (κ2) is 5.03. The number of nitrogens with one attached hydrogen (secondary N) is 2. The van der Waals surface area contributed by atoms with Crippen LogP contribution in [-0.2, 0) is 14.8 Å². The lowest BCUT2D eigenvalue weighted by molar-refractivity contribution is 0.0957. The predicted octanol–water partition coefficient (Wildman–Crippen LogP) is 0.364. The first-order valence-electron chi connectivity index (χ1n) is 6.03. The molecule has 8 heteroatoms. The Bertz CT molecular complexity index is 546. The molecule has 2 atom stereocenters. The van der Waals surface area contributed by atoms with E-state index in [0.717, 1.165) is 0 Å². The van der Waals surface area contributed by atoms with Gasteiger partial charge in [0.2, 0.25) is 16.0 Å². The molecule has 0 spiro atoms. The molecule has 1 fully saturated rings. The molecule has 1 saturated heterocycles. The van der Waals surface area contributed by atoms with Crippen LogP contribution in [0.2, 0.25) is 0 Å². The molecule has 0 bridgehead atoms. The molecule has 0 amide bonds. The topological polar surface area (TPSA) is 93.2 Å². The first-order chi connectivity index (χ1) is 8.87. The second-order valence-corrected chi connectivity index (χ2v) is 6.46. The summed E-state index contributed by atoms with van der Waals surface area (Å²) in [6, 6.07) is 0. The van der Waals surface area contributed by atoms with E-state index in [-0.39, 0.29) is 11.0 Å². The van der Waals surface area contributed by atoms with E-state index in [1.54, 1.807) is 7.05 Å². The molecule has 1 aliphatic rings. The predicted molar refractivity (Wildman–Crippen MR) is 70.3 cm³/mol. The van der Waals surface area contributed by atoms with Crippen LogP contribution in [-0.4, -0.2) is 43.7 Å². The van der Waals surface area contributed by atoms with Gasteiger partial charge in [-0.1, -0.05) is 0 Å². The van der Waals surface area contributed by atoms with Gasteiger partial charge in [-0.05, 0) is 20.3 Å². The molecule has 2 rings (SSSR count). The van der Waals surface area contributed by atoms with Crippen molar-refractivity contribution in [3.63, 3.8) is 0 Å². The largest absolute Gasteiger partial charge is 0.376 e. The molecule has 0 aromatic carbocycles. The van der Waals surface area contributed by atoms with Crippen molar-refractivity contribution < 1.29 is 13.2 Å². The Labute approximate surface area is 112 Å². The minimum atomic E-state index is -3.64. The van der Waals surface area contributed by atoms with Crippen LogP contribution in [0.3, 0.4) is 0 Å². The number of hydrogen-bond acceptors (Lipinski definition) is 6. The van der Waals surface area contributed by atoms with Crippen molar-refractivity contribution in [3.8, 4) is 0 Å². The number of sulfonamides is 1. The van der Waals surface area contributed by atoms with E-state index in [0.29, 0.717) is 19.0 Å². The van der Waals surface area contributed by atoms with Gasteiger partial charge in [0, 0.05) is 13.7 Å². The number of hydrogen-bond donors (Lipinski definition) is 2. The maximum Gasteiger partial charge on any atom is 0.244 e. The highest BCUT2D eigenvalue weighted by Gasteiger charge is 2.40. The van der Waals surface area contributed by atoms with Crippen molar-refractivity contribution in [2.24, 2.45) is 0 Å². The summed E-state index contributed by atoms with van der Waals surface area (Å²) in [5, 5.41) is 2.74. The molecule has 7 nitrogen and oxygen atoms in total. The highest BCUT2D eigenvalue weighted by atomic mass is 32.2. The molecular formula is C11H18N4O3S. The van der Waals surface area contributed by atoms with Crippen LogP contribution in [0, 0.1) is 0 Å². The lowest BCUT2D eigenvalue weighted by atomic mass is 9.97. The van der Waals surface area contributed by atoms with Gasteiger partial charge < -0.3 is 10.1 Å². The third-order valence-corrected chi connectivity index (χ3v) is 4.98. The maximum absolute atomic E-state index is 12.3. The fraction of sp³-hybridized carbons (Fsp3) is 0.636. The summed E-state index contributed by atoms with van der Waals surface area (Å²) >= 11 is 0. The third kappa shape index (κ3) is 2.85. The Kier molecular flexibility index (Phi) is 3.75. The Morgan fingerprint density at radius 1 is 1.42 bits per heavy atom. The first kappa shape index (κ1) is 14.2. The van der Waals surface area contributed by atoms with E-state index < -0.39 is 15.6 Å². The summed E-state index contributed by atoms with van der Waals surface area (Å²) in [5.74, 6) is 0.378. The number of anilines is 1. The zero-order valence-electron chi connectivity index (χ0n) is 11.2. The van der Waals surface area contributed by atoms with Gasteiger partial charge in [0.15, 0.2) is 0 Å². The van der Waals surface area contributed by atoms with E-state index in [4.69, 9.17) is 4.74 Å². The Morgan fingerprint density at radius 3 is 2.53 bits per heavy atom. The zero-order chi connectivity index (χ0) is 14.1. The van der Waals surface area contributed by atoms with E-state index >= 15 is 0 Å². The quantitative estimate of drug-likeness (QED) is 0.830. The normalized spacial score (nSPS) is 27.4. The van der Waals surface area contributed by atoms with Crippen LogP contribution in [0.15, 0.2) is 17.3 Å². The van der Waals surface area contributed by atoms with Crippen molar-refractivity contribution >= 4 is 16.0 Å². The van der Waals surface area contributed by atoms with E-state index in [2.05, 4.69) is 20.0 Å². The standard InChI is InChI=1S/C11H18N4O3S/c1-8-11(2,4-5-18-8)15-19(16,17)9-6-13-10(12-3)14-7-9/h6-8,15H,4-5H2,1-3H3,(H,12,13,14).